The van der Waals surface area contributed by atoms with Crippen molar-refractivity contribution in [2.45, 2.75) is 32.4 Å². The fraction of sp³-hybridized carbons (Fsp3) is 0.333. The van der Waals surface area contributed by atoms with E-state index >= 15 is 0 Å². The smallest absolute Gasteiger partial charge is 0.354 e. The molecule has 0 saturated carbocycles. The van der Waals surface area contributed by atoms with E-state index in [2.05, 4.69) is 0 Å². The van der Waals surface area contributed by atoms with Gasteiger partial charge in [-0.1, -0.05) is 56.3 Å². The minimum atomic E-state index is -1.58. The molecular weight excluding hydrogens is 396 g/mol. The van der Waals surface area contributed by atoms with E-state index in [0.717, 1.165) is 0 Å². The van der Waals surface area contributed by atoms with Gasteiger partial charge in [-0.25, -0.2) is 4.79 Å². The zero-order valence-corrected chi connectivity index (χ0v) is 17.5. The molecule has 2 heterocycles. The Morgan fingerprint density at radius 3 is 2.42 bits per heavy atom. The fourth-order valence-electron chi connectivity index (χ4n) is 4.32. The molecule has 160 valence electrons. The van der Waals surface area contributed by atoms with E-state index in [1.54, 1.807) is 54.6 Å². The highest BCUT2D eigenvalue weighted by atomic mass is 16.5. The van der Waals surface area contributed by atoms with Crippen LogP contribution in [-0.4, -0.2) is 47.3 Å². The van der Waals surface area contributed by atoms with Crippen molar-refractivity contribution in [3.63, 3.8) is 0 Å². The van der Waals surface area contributed by atoms with Gasteiger partial charge in [0.2, 0.25) is 11.6 Å². The number of esters is 1. The van der Waals surface area contributed by atoms with Crippen LogP contribution in [0.3, 0.4) is 0 Å². The zero-order valence-electron chi connectivity index (χ0n) is 17.5. The Hall–Kier alpha value is -3.48. The number of nitrogens with zero attached hydrogens (tertiary/aromatic N) is 2. The number of fused-ring (bicyclic) bond motifs is 3. The van der Waals surface area contributed by atoms with E-state index in [1.807, 2.05) is 13.8 Å². The average molecular weight is 420 g/mol. The molecule has 1 saturated heterocycles. The quantitative estimate of drug-likeness (QED) is 0.530. The molecule has 2 aliphatic heterocycles. The Morgan fingerprint density at radius 1 is 1.03 bits per heavy atom. The molecule has 0 bridgehead atoms. The van der Waals surface area contributed by atoms with Gasteiger partial charge in [0, 0.05) is 24.9 Å². The maximum absolute atomic E-state index is 13.5. The predicted molar refractivity (Wildman–Crippen MR) is 113 cm³/mol. The Balaban J connectivity index is 1.71. The molecule has 2 aromatic carbocycles. The first-order valence-corrected chi connectivity index (χ1v) is 10.4. The van der Waals surface area contributed by atoms with Gasteiger partial charge in [-0.15, -0.1) is 0 Å². The molecule has 0 aromatic heterocycles. The third-order valence-corrected chi connectivity index (χ3v) is 5.68. The lowest BCUT2D eigenvalue weighted by Crippen LogP contribution is -2.69. The number of ketones is 1. The van der Waals surface area contributed by atoms with Crippen LogP contribution < -0.4 is 4.90 Å². The van der Waals surface area contributed by atoms with E-state index in [0.29, 0.717) is 16.8 Å². The Labute approximate surface area is 180 Å². The number of carbonyl (C=O) groups excluding carboxylic acids is 4. The van der Waals surface area contributed by atoms with Gasteiger partial charge in [-0.05, 0) is 18.1 Å². The molecule has 0 aliphatic carbocycles. The summed E-state index contributed by atoms with van der Waals surface area (Å²) in [6.07, 6.45) is 0.231. The van der Waals surface area contributed by atoms with E-state index in [1.165, 1.54) is 9.80 Å². The second-order valence-corrected chi connectivity index (χ2v) is 8.24. The number of Topliss-reactive ketones (excluding diaryl/α,β-unsaturated/α-hetero) is 1. The topological polar surface area (TPSA) is 84.0 Å². The first-order chi connectivity index (χ1) is 14.9. The zero-order chi connectivity index (χ0) is 22.2. The van der Waals surface area contributed by atoms with Crippen LogP contribution in [0.2, 0.25) is 0 Å². The lowest BCUT2D eigenvalue weighted by atomic mass is 9.95. The monoisotopic (exact) mass is 420 g/mol. The molecule has 0 N–H and O–H groups in total. The number of hydrogen-bond donors (Lipinski definition) is 0. The number of amides is 2. The number of carbonyl (C=O) groups is 4. The average Bonchev–Trinajstić information content (AvgIpc) is 3.13. The summed E-state index contributed by atoms with van der Waals surface area (Å²) in [6.45, 7) is 3.69. The van der Waals surface area contributed by atoms with Gasteiger partial charge in [-0.2, -0.15) is 0 Å². The lowest BCUT2D eigenvalue weighted by Gasteiger charge is -2.48. The van der Waals surface area contributed by atoms with Crippen molar-refractivity contribution >= 4 is 29.3 Å². The van der Waals surface area contributed by atoms with E-state index < -0.39 is 18.2 Å². The van der Waals surface area contributed by atoms with Crippen molar-refractivity contribution in [3.05, 3.63) is 65.7 Å². The number of rotatable bonds is 6. The molecule has 1 fully saturated rings. The van der Waals surface area contributed by atoms with Crippen LogP contribution in [0.4, 0.5) is 5.69 Å². The van der Waals surface area contributed by atoms with Gasteiger partial charge in [-0.3, -0.25) is 19.3 Å². The first kappa shape index (κ1) is 20.8. The summed E-state index contributed by atoms with van der Waals surface area (Å²) in [5.74, 6) is -1.62. The summed E-state index contributed by atoms with van der Waals surface area (Å²) in [7, 11) is 0. The van der Waals surface area contributed by atoms with Gasteiger partial charge in [0.05, 0.1) is 11.3 Å². The predicted octanol–water partition coefficient (Wildman–Crippen LogP) is 3.05. The van der Waals surface area contributed by atoms with E-state index in [9.17, 15) is 19.2 Å². The highest BCUT2D eigenvalue weighted by molar-refractivity contribution is 6.15. The van der Waals surface area contributed by atoms with Crippen LogP contribution in [0.1, 0.15) is 47.4 Å². The molecule has 0 radical (unpaired) electrons. The second kappa shape index (κ2) is 7.98. The van der Waals surface area contributed by atoms with Gasteiger partial charge < -0.3 is 9.64 Å². The normalized spacial score (nSPS) is 20.0. The summed E-state index contributed by atoms with van der Waals surface area (Å²) in [5, 5.41) is 0. The summed E-state index contributed by atoms with van der Waals surface area (Å²) in [5.41, 5.74) is -0.371. The Kier molecular flexibility index (Phi) is 5.35. The molecule has 1 atom stereocenters. The van der Waals surface area contributed by atoms with Crippen LogP contribution in [0.5, 0.6) is 0 Å². The van der Waals surface area contributed by atoms with Crippen LogP contribution in [0, 0.1) is 5.92 Å². The Morgan fingerprint density at radius 2 is 1.71 bits per heavy atom. The molecule has 0 unspecified atom stereocenters. The van der Waals surface area contributed by atoms with Crippen LogP contribution in [0.25, 0.3) is 0 Å². The minimum absolute atomic E-state index is 0.0578. The van der Waals surface area contributed by atoms with Gasteiger partial charge >= 0.3 is 5.97 Å². The van der Waals surface area contributed by atoms with Gasteiger partial charge in [0.25, 0.3) is 5.91 Å². The summed E-state index contributed by atoms with van der Waals surface area (Å²) in [4.78, 5) is 55.0. The van der Waals surface area contributed by atoms with Crippen molar-refractivity contribution in [2.75, 3.05) is 18.1 Å². The summed E-state index contributed by atoms with van der Waals surface area (Å²) in [6, 6.07) is 15.3. The number of anilines is 1. The molecule has 31 heavy (non-hydrogen) atoms. The van der Waals surface area contributed by atoms with Crippen molar-refractivity contribution in [2.24, 2.45) is 5.92 Å². The Bertz CT molecular complexity index is 1050. The maximum Gasteiger partial charge on any atom is 0.354 e. The fourth-order valence-corrected chi connectivity index (χ4v) is 4.32. The lowest BCUT2D eigenvalue weighted by molar-refractivity contribution is -0.156. The van der Waals surface area contributed by atoms with Crippen molar-refractivity contribution in [1.29, 1.82) is 0 Å². The molecule has 2 aromatic rings. The van der Waals surface area contributed by atoms with Crippen LogP contribution in [-0.2, 0) is 14.3 Å². The van der Waals surface area contributed by atoms with Crippen molar-refractivity contribution in [3.8, 4) is 0 Å². The number of benzene rings is 2. The molecular formula is C24H24N2O5. The molecule has 7 heteroatoms. The highest BCUT2D eigenvalue weighted by Gasteiger charge is 2.62. The molecule has 2 amide bonds. The van der Waals surface area contributed by atoms with Crippen molar-refractivity contribution < 1.29 is 23.9 Å². The van der Waals surface area contributed by atoms with Crippen LogP contribution >= 0.6 is 0 Å². The molecule has 7 nitrogen and oxygen atoms in total. The number of ether oxygens (including phenoxy) is 1. The standard InChI is InChI=1S/C24H24N2O5/c1-16(2)14-25-22(29)18-10-6-7-11-19(18)26-21(28)12-13-24(25,26)23(30)31-15-20(27)17-8-4-3-5-9-17/h3-11,16H,12-15H2,1-2H3/t24-/m0/s1. The first-order valence-electron chi connectivity index (χ1n) is 10.4. The second-order valence-electron chi connectivity index (χ2n) is 8.24. The highest BCUT2D eigenvalue weighted by Crippen LogP contribution is 2.45. The summed E-state index contributed by atoms with van der Waals surface area (Å²) < 4.78 is 5.45. The number of para-hydroxylation sites is 1. The number of hydrogen-bond acceptors (Lipinski definition) is 5. The van der Waals surface area contributed by atoms with Gasteiger partial charge in [0.15, 0.2) is 12.4 Å². The van der Waals surface area contributed by atoms with Crippen LogP contribution in [0.15, 0.2) is 54.6 Å². The third kappa shape index (κ3) is 3.40. The third-order valence-electron chi connectivity index (χ3n) is 5.68. The van der Waals surface area contributed by atoms with E-state index in [4.69, 9.17) is 4.74 Å². The largest absolute Gasteiger partial charge is 0.454 e. The SMILES string of the molecule is CC(C)CN1C(=O)c2ccccc2N2C(=O)CC[C@]12C(=O)OCC(=O)c1ccccc1. The molecule has 2 aliphatic rings. The van der Waals surface area contributed by atoms with Gasteiger partial charge in [0.1, 0.15) is 0 Å². The summed E-state index contributed by atoms with van der Waals surface area (Å²) >= 11 is 0. The molecule has 4 rings (SSSR count). The maximum atomic E-state index is 13.5. The van der Waals surface area contributed by atoms with Crippen molar-refractivity contribution in [1.82, 2.24) is 4.90 Å². The molecule has 0 spiro atoms. The minimum Gasteiger partial charge on any atom is -0.454 e. The van der Waals surface area contributed by atoms with E-state index in [-0.39, 0.29) is 42.9 Å².